The lowest BCUT2D eigenvalue weighted by Crippen LogP contribution is -2.49. The number of benzene rings is 3. The van der Waals surface area contributed by atoms with Crippen LogP contribution in [0.5, 0.6) is 0 Å². The van der Waals surface area contributed by atoms with Gasteiger partial charge < -0.3 is 14.9 Å². The Hall–Kier alpha value is -2.80. The summed E-state index contributed by atoms with van der Waals surface area (Å²) in [5, 5.41) is 10.5. The number of β-amino-alcohol motifs (C(OH)–C–C–N with tert-alkyl or cyclic N) is 1. The van der Waals surface area contributed by atoms with E-state index in [1.807, 2.05) is 18.2 Å². The summed E-state index contributed by atoms with van der Waals surface area (Å²) in [4.78, 5) is 6.90. The molecule has 3 aromatic carbocycles. The van der Waals surface area contributed by atoms with Gasteiger partial charge in [-0.25, -0.2) is 8.78 Å². The summed E-state index contributed by atoms with van der Waals surface area (Å²) in [6, 6.07) is 23.0. The zero-order chi connectivity index (χ0) is 23.8. The van der Waals surface area contributed by atoms with Crippen molar-refractivity contribution in [2.75, 3.05) is 50.7 Å². The van der Waals surface area contributed by atoms with Crippen molar-refractivity contribution in [2.45, 2.75) is 18.9 Å². The van der Waals surface area contributed by atoms with Crippen LogP contribution in [0.4, 0.5) is 20.2 Å². The monoisotopic (exact) mass is 465 g/mol. The van der Waals surface area contributed by atoms with E-state index in [0.717, 1.165) is 57.1 Å². The number of aliphatic hydroxyl groups excluding tert-OH is 1. The summed E-state index contributed by atoms with van der Waals surface area (Å²) < 4.78 is 26.9. The van der Waals surface area contributed by atoms with E-state index in [0.29, 0.717) is 13.0 Å². The molecule has 1 aliphatic rings. The average Bonchev–Trinajstić information content (AvgIpc) is 2.85. The molecule has 0 bridgehead atoms. The molecule has 0 spiro atoms. The number of hydrogen-bond donors (Lipinski definition) is 1. The fourth-order valence-electron chi connectivity index (χ4n) is 4.55. The molecule has 1 aliphatic heterocycles. The first-order valence-corrected chi connectivity index (χ1v) is 12.0. The standard InChI is InChI=1S/C28H33F2N3O/c29-24-7-11-26(12-8-24)33(27-13-9-25(30)10-14-27)16-4-15-31-17-19-32(20-18-31)22-28(34)21-23-5-2-1-3-6-23/h1-3,5-14,28,34H,4,15-22H2/t28-/m0/s1. The predicted octanol–water partition coefficient (Wildman–Crippen LogP) is 4.71. The molecule has 1 N–H and O–H groups in total. The van der Waals surface area contributed by atoms with Gasteiger partial charge >= 0.3 is 0 Å². The van der Waals surface area contributed by atoms with Crippen molar-refractivity contribution >= 4 is 11.4 Å². The minimum absolute atomic E-state index is 0.269. The van der Waals surface area contributed by atoms with Gasteiger partial charge in [-0.2, -0.15) is 0 Å². The van der Waals surface area contributed by atoms with Gasteiger partial charge in [0.2, 0.25) is 0 Å². The number of aliphatic hydroxyl groups is 1. The number of piperazine rings is 1. The maximum atomic E-state index is 13.4. The molecule has 1 atom stereocenters. The zero-order valence-corrected chi connectivity index (χ0v) is 19.5. The Kier molecular flexibility index (Phi) is 8.63. The first-order chi connectivity index (χ1) is 16.6. The Morgan fingerprint density at radius 3 is 1.82 bits per heavy atom. The minimum Gasteiger partial charge on any atom is -0.391 e. The van der Waals surface area contributed by atoms with Gasteiger partial charge in [0.15, 0.2) is 0 Å². The van der Waals surface area contributed by atoms with E-state index in [4.69, 9.17) is 0 Å². The van der Waals surface area contributed by atoms with Gasteiger partial charge in [0, 0.05) is 50.6 Å². The van der Waals surface area contributed by atoms with Crippen molar-refractivity contribution in [3.63, 3.8) is 0 Å². The molecule has 180 valence electrons. The highest BCUT2D eigenvalue weighted by Gasteiger charge is 2.19. The van der Waals surface area contributed by atoms with Gasteiger partial charge in [0.1, 0.15) is 11.6 Å². The van der Waals surface area contributed by atoms with Gasteiger partial charge in [0.05, 0.1) is 6.10 Å². The molecule has 4 rings (SSSR count). The van der Waals surface area contributed by atoms with Crippen molar-refractivity contribution in [3.8, 4) is 0 Å². The highest BCUT2D eigenvalue weighted by atomic mass is 19.1. The van der Waals surface area contributed by atoms with E-state index in [9.17, 15) is 13.9 Å². The van der Waals surface area contributed by atoms with Crippen molar-refractivity contribution < 1.29 is 13.9 Å². The summed E-state index contributed by atoms with van der Waals surface area (Å²) in [6.07, 6.45) is 1.27. The van der Waals surface area contributed by atoms with E-state index in [-0.39, 0.29) is 17.7 Å². The largest absolute Gasteiger partial charge is 0.391 e. The molecule has 1 saturated heterocycles. The second-order valence-corrected chi connectivity index (χ2v) is 8.94. The molecule has 4 nitrogen and oxygen atoms in total. The third-order valence-electron chi connectivity index (χ3n) is 6.38. The molecule has 0 saturated carbocycles. The molecule has 0 aromatic heterocycles. The fraction of sp³-hybridized carbons (Fsp3) is 0.357. The molecule has 0 amide bonds. The van der Waals surface area contributed by atoms with Crippen molar-refractivity contribution in [2.24, 2.45) is 0 Å². The lowest BCUT2D eigenvalue weighted by molar-refractivity contribution is 0.0728. The van der Waals surface area contributed by atoms with Gasteiger partial charge in [-0.05, 0) is 73.5 Å². The molecule has 3 aromatic rings. The topological polar surface area (TPSA) is 30.0 Å². The molecule has 0 unspecified atom stereocenters. The second kappa shape index (κ2) is 12.1. The fourth-order valence-corrected chi connectivity index (χ4v) is 4.55. The number of anilines is 2. The van der Waals surface area contributed by atoms with Crippen LogP contribution in [0.1, 0.15) is 12.0 Å². The van der Waals surface area contributed by atoms with Crippen LogP contribution in [-0.4, -0.2) is 66.8 Å². The maximum absolute atomic E-state index is 13.4. The number of rotatable bonds is 10. The summed E-state index contributed by atoms with van der Waals surface area (Å²) in [6.45, 7) is 6.27. The van der Waals surface area contributed by atoms with Crippen LogP contribution < -0.4 is 4.90 Å². The van der Waals surface area contributed by atoms with Crippen molar-refractivity contribution in [3.05, 3.63) is 96.1 Å². The second-order valence-electron chi connectivity index (χ2n) is 8.94. The Bertz CT molecular complexity index is 945. The maximum Gasteiger partial charge on any atom is 0.123 e. The predicted molar refractivity (Wildman–Crippen MR) is 133 cm³/mol. The van der Waals surface area contributed by atoms with E-state index in [1.165, 1.54) is 29.8 Å². The summed E-state index contributed by atoms with van der Waals surface area (Å²) in [5.41, 5.74) is 2.95. The molecule has 0 radical (unpaired) electrons. The summed E-state index contributed by atoms with van der Waals surface area (Å²) in [5.74, 6) is -0.538. The van der Waals surface area contributed by atoms with E-state index in [2.05, 4.69) is 26.8 Å². The van der Waals surface area contributed by atoms with Crippen LogP contribution in [0.3, 0.4) is 0 Å². The number of nitrogens with zero attached hydrogens (tertiary/aromatic N) is 3. The quantitative estimate of drug-likeness (QED) is 0.470. The van der Waals surface area contributed by atoms with Crippen LogP contribution in [0.15, 0.2) is 78.9 Å². The highest BCUT2D eigenvalue weighted by Crippen LogP contribution is 2.26. The SMILES string of the molecule is O[C@@H](Cc1ccccc1)CN1CCN(CCCN(c2ccc(F)cc2)c2ccc(F)cc2)CC1. The average molecular weight is 466 g/mol. The summed E-state index contributed by atoms with van der Waals surface area (Å²) >= 11 is 0. The smallest absolute Gasteiger partial charge is 0.123 e. The third kappa shape index (κ3) is 7.10. The number of hydrogen-bond acceptors (Lipinski definition) is 4. The van der Waals surface area contributed by atoms with Gasteiger partial charge in [-0.1, -0.05) is 30.3 Å². The third-order valence-corrected chi connectivity index (χ3v) is 6.38. The van der Waals surface area contributed by atoms with E-state index in [1.54, 1.807) is 24.3 Å². The first kappa shape index (κ1) is 24.3. The van der Waals surface area contributed by atoms with Crippen LogP contribution in [0.2, 0.25) is 0 Å². The van der Waals surface area contributed by atoms with Crippen LogP contribution in [0.25, 0.3) is 0 Å². The van der Waals surface area contributed by atoms with Gasteiger partial charge in [-0.3, -0.25) is 4.90 Å². The molecule has 34 heavy (non-hydrogen) atoms. The van der Waals surface area contributed by atoms with Crippen molar-refractivity contribution in [1.82, 2.24) is 9.80 Å². The lowest BCUT2D eigenvalue weighted by Gasteiger charge is -2.36. The van der Waals surface area contributed by atoms with E-state index < -0.39 is 0 Å². The Labute approximate surface area is 201 Å². The molecule has 0 aliphatic carbocycles. The first-order valence-electron chi connectivity index (χ1n) is 12.0. The zero-order valence-electron chi connectivity index (χ0n) is 19.5. The Balaban J connectivity index is 1.24. The lowest BCUT2D eigenvalue weighted by atomic mass is 10.1. The van der Waals surface area contributed by atoms with Crippen LogP contribution >= 0.6 is 0 Å². The minimum atomic E-state index is -0.353. The van der Waals surface area contributed by atoms with Crippen LogP contribution in [0, 0.1) is 11.6 Å². The molecular weight excluding hydrogens is 432 g/mol. The van der Waals surface area contributed by atoms with Gasteiger partial charge in [0.25, 0.3) is 0 Å². The molecular formula is C28H33F2N3O. The molecule has 1 fully saturated rings. The van der Waals surface area contributed by atoms with Gasteiger partial charge in [-0.15, -0.1) is 0 Å². The van der Waals surface area contributed by atoms with Crippen LogP contribution in [-0.2, 0) is 6.42 Å². The Morgan fingerprint density at radius 1 is 0.735 bits per heavy atom. The molecule has 1 heterocycles. The Morgan fingerprint density at radius 2 is 1.26 bits per heavy atom. The molecule has 6 heteroatoms. The number of halogens is 2. The highest BCUT2D eigenvalue weighted by molar-refractivity contribution is 5.63. The summed E-state index contributed by atoms with van der Waals surface area (Å²) in [7, 11) is 0. The van der Waals surface area contributed by atoms with Crippen molar-refractivity contribution in [1.29, 1.82) is 0 Å². The van der Waals surface area contributed by atoms with E-state index >= 15 is 0 Å². The normalized spacial score (nSPS) is 15.9.